The molecule has 0 bridgehead atoms. The van der Waals surface area contributed by atoms with Crippen molar-refractivity contribution in [2.24, 2.45) is 0 Å². The topological polar surface area (TPSA) is 50.8 Å². The van der Waals surface area contributed by atoms with Crippen LogP contribution in [0.25, 0.3) is 11.2 Å². The van der Waals surface area contributed by atoms with Crippen molar-refractivity contribution in [2.75, 3.05) is 6.61 Å². The normalized spacial score (nSPS) is 12.5. The molecule has 3 rings (SSSR count). The highest BCUT2D eigenvalue weighted by molar-refractivity contribution is 5.71. The Morgan fingerprint density at radius 2 is 1.86 bits per heavy atom. The van der Waals surface area contributed by atoms with Gasteiger partial charge in [-0.1, -0.05) is 37.3 Å². The molecule has 0 radical (unpaired) electrons. The molecule has 21 heavy (non-hydrogen) atoms. The molecule has 2 aromatic heterocycles. The first-order chi connectivity index (χ1) is 10.3. The monoisotopic (exact) mass is 281 g/mol. The number of pyridine rings is 1. The summed E-state index contributed by atoms with van der Waals surface area (Å²) in [7, 11) is 0. The minimum Gasteiger partial charge on any atom is -0.478 e. The molecule has 0 saturated carbocycles. The molecule has 4 heteroatoms. The largest absolute Gasteiger partial charge is 0.478 e. The molecule has 0 saturated heterocycles. The van der Waals surface area contributed by atoms with Crippen LogP contribution in [-0.2, 0) is 0 Å². The van der Waals surface area contributed by atoms with Gasteiger partial charge in [0.05, 0.1) is 12.1 Å². The number of ether oxygens (including phenoxy) is 1. The molecular formula is C17H19N3O. The molecule has 0 fully saturated rings. The summed E-state index contributed by atoms with van der Waals surface area (Å²) in [5.41, 5.74) is 2.93. The molecule has 1 unspecified atom stereocenters. The van der Waals surface area contributed by atoms with Crippen molar-refractivity contribution in [3.8, 4) is 5.88 Å². The molecule has 0 aliphatic carbocycles. The molecule has 0 aliphatic heterocycles. The smallest absolute Gasteiger partial charge is 0.215 e. The van der Waals surface area contributed by atoms with E-state index < -0.39 is 0 Å². The quantitative estimate of drug-likeness (QED) is 0.771. The first-order valence-corrected chi connectivity index (χ1v) is 7.36. The number of benzene rings is 1. The summed E-state index contributed by atoms with van der Waals surface area (Å²) >= 11 is 0. The lowest BCUT2D eigenvalue weighted by Gasteiger charge is -2.11. The number of H-pyrrole nitrogens is 1. The Hall–Kier alpha value is -2.36. The Morgan fingerprint density at radius 1 is 1.05 bits per heavy atom. The predicted molar refractivity (Wildman–Crippen MR) is 83.6 cm³/mol. The van der Waals surface area contributed by atoms with Crippen LogP contribution in [-0.4, -0.2) is 21.6 Å². The molecule has 2 heterocycles. The Labute approximate surface area is 124 Å². The fourth-order valence-corrected chi connectivity index (χ4v) is 2.56. The highest BCUT2D eigenvalue weighted by atomic mass is 16.5. The van der Waals surface area contributed by atoms with Gasteiger partial charge in [-0.05, 0) is 25.0 Å². The molecular weight excluding hydrogens is 262 g/mol. The van der Waals surface area contributed by atoms with Crippen LogP contribution >= 0.6 is 0 Å². The summed E-state index contributed by atoms with van der Waals surface area (Å²) < 4.78 is 5.43. The lowest BCUT2D eigenvalue weighted by Crippen LogP contribution is -2.01. The Morgan fingerprint density at radius 3 is 2.57 bits per heavy atom. The maximum Gasteiger partial charge on any atom is 0.215 e. The van der Waals surface area contributed by atoms with E-state index in [-0.39, 0.29) is 5.92 Å². The van der Waals surface area contributed by atoms with Crippen LogP contribution in [0.5, 0.6) is 5.88 Å². The lowest BCUT2D eigenvalue weighted by atomic mass is 9.96. The van der Waals surface area contributed by atoms with Gasteiger partial charge in [-0.3, -0.25) is 0 Å². The summed E-state index contributed by atoms with van der Waals surface area (Å²) in [6, 6.07) is 14.3. The van der Waals surface area contributed by atoms with Crippen molar-refractivity contribution < 1.29 is 4.74 Å². The lowest BCUT2D eigenvalue weighted by molar-refractivity contribution is 0.328. The molecule has 4 nitrogen and oxygen atoms in total. The Bertz CT molecular complexity index is 721. The van der Waals surface area contributed by atoms with E-state index in [9.17, 15) is 0 Å². The zero-order chi connectivity index (χ0) is 14.7. The van der Waals surface area contributed by atoms with Crippen LogP contribution in [0.4, 0.5) is 0 Å². The summed E-state index contributed by atoms with van der Waals surface area (Å²) in [5.74, 6) is 1.84. The van der Waals surface area contributed by atoms with E-state index in [2.05, 4.69) is 46.1 Å². The first-order valence-electron chi connectivity index (χ1n) is 7.36. The maximum absolute atomic E-state index is 5.43. The minimum absolute atomic E-state index is 0.260. The van der Waals surface area contributed by atoms with Gasteiger partial charge in [-0.2, -0.15) is 4.98 Å². The molecule has 0 amide bonds. The average molecular weight is 281 g/mol. The summed E-state index contributed by atoms with van der Waals surface area (Å²) in [4.78, 5) is 12.5. The van der Waals surface area contributed by atoms with E-state index in [1.807, 2.05) is 25.1 Å². The second kappa shape index (κ2) is 5.95. The fraction of sp³-hybridized carbons (Fsp3) is 0.294. The van der Waals surface area contributed by atoms with Crippen molar-refractivity contribution in [1.29, 1.82) is 0 Å². The number of nitrogens with zero attached hydrogens (tertiary/aromatic N) is 2. The highest BCUT2D eigenvalue weighted by Crippen LogP contribution is 2.27. The van der Waals surface area contributed by atoms with E-state index in [1.165, 1.54) is 5.56 Å². The number of hydrogen-bond donors (Lipinski definition) is 1. The fourth-order valence-electron chi connectivity index (χ4n) is 2.56. The number of nitrogens with one attached hydrogen (secondary N) is 1. The zero-order valence-electron chi connectivity index (χ0n) is 12.3. The van der Waals surface area contributed by atoms with E-state index in [0.29, 0.717) is 18.1 Å². The van der Waals surface area contributed by atoms with Gasteiger partial charge < -0.3 is 9.72 Å². The van der Waals surface area contributed by atoms with Crippen LogP contribution in [0.1, 0.15) is 37.6 Å². The predicted octanol–water partition coefficient (Wildman–Crippen LogP) is 3.90. The molecule has 0 spiro atoms. The van der Waals surface area contributed by atoms with E-state index in [4.69, 9.17) is 4.74 Å². The number of imidazole rings is 1. The van der Waals surface area contributed by atoms with Crippen LogP contribution in [0.15, 0.2) is 42.5 Å². The van der Waals surface area contributed by atoms with Crippen molar-refractivity contribution in [3.63, 3.8) is 0 Å². The average Bonchev–Trinajstić information content (AvgIpc) is 2.92. The van der Waals surface area contributed by atoms with E-state index >= 15 is 0 Å². The van der Waals surface area contributed by atoms with Crippen molar-refractivity contribution in [2.45, 2.75) is 26.2 Å². The molecule has 1 aromatic carbocycles. The van der Waals surface area contributed by atoms with Crippen LogP contribution in [0.3, 0.4) is 0 Å². The Kier molecular flexibility index (Phi) is 3.86. The Balaban J connectivity index is 1.99. The molecule has 1 atom stereocenters. The third-order valence-corrected chi connectivity index (χ3v) is 3.57. The first kappa shape index (κ1) is 13.6. The van der Waals surface area contributed by atoms with Gasteiger partial charge in [0.2, 0.25) is 5.88 Å². The zero-order valence-corrected chi connectivity index (χ0v) is 12.3. The van der Waals surface area contributed by atoms with Gasteiger partial charge in [0.25, 0.3) is 0 Å². The minimum atomic E-state index is 0.260. The van der Waals surface area contributed by atoms with Crippen LogP contribution in [0.2, 0.25) is 0 Å². The SMILES string of the molecule is CCOc1ccc2[nH]c(C(CC)c3ccccc3)nc2n1. The van der Waals surface area contributed by atoms with Gasteiger partial charge in [0.1, 0.15) is 5.82 Å². The van der Waals surface area contributed by atoms with Crippen molar-refractivity contribution >= 4 is 11.2 Å². The van der Waals surface area contributed by atoms with Gasteiger partial charge >= 0.3 is 0 Å². The number of hydrogen-bond acceptors (Lipinski definition) is 3. The summed E-state index contributed by atoms with van der Waals surface area (Å²) in [6.45, 7) is 4.73. The van der Waals surface area contributed by atoms with E-state index in [1.54, 1.807) is 0 Å². The molecule has 108 valence electrons. The molecule has 1 N–H and O–H groups in total. The van der Waals surface area contributed by atoms with Gasteiger partial charge in [0.15, 0.2) is 5.65 Å². The summed E-state index contributed by atoms with van der Waals surface area (Å²) in [6.07, 6.45) is 0.988. The highest BCUT2D eigenvalue weighted by Gasteiger charge is 2.16. The summed E-state index contributed by atoms with van der Waals surface area (Å²) in [5, 5.41) is 0. The van der Waals surface area contributed by atoms with Gasteiger partial charge in [0, 0.05) is 12.0 Å². The maximum atomic E-state index is 5.43. The van der Waals surface area contributed by atoms with Crippen LogP contribution < -0.4 is 4.74 Å². The molecule has 0 aliphatic rings. The number of fused-ring (bicyclic) bond motifs is 1. The van der Waals surface area contributed by atoms with Crippen LogP contribution in [0, 0.1) is 0 Å². The third-order valence-electron chi connectivity index (χ3n) is 3.57. The second-order valence-electron chi connectivity index (χ2n) is 4.95. The number of aromatic nitrogens is 3. The standard InChI is InChI=1S/C17H19N3O/c1-3-13(12-8-6-5-7-9-12)16-18-14-10-11-15(21-4-2)19-17(14)20-16/h5-11,13H,3-4H2,1-2H3,(H,18,19,20). The van der Waals surface area contributed by atoms with E-state index in [0.717, 1.165) is 17.8 Å². The number of rotatable bonds is 5. The molecule has 3 aromatic rings. The third kappa shape index (κ3) is 2.75. The van der Waals surface area contributed by atoms with Crippen molar-refractivity contribution in [3.05, 3.63) is 53.9 Å². The van der Waals surface area contributed by atoms with Gasteiger partial charge in [-0.15, -0.1) is 0 Å². The van der Waals surface area contributed by atoms with Crippen molar-refractivity contribution in [1.82, 2.24) is 15.0 Å². The second-order valence-corrected chi connectivity index (χ2v) is 4.95. The van der Waals surface area contributed by atoms with Gasteiger partial charge in [-0.25, -0.2) is 4.98 Å². The number of aromatic amines is 1.